The third-order valence-corrected chi connectivity index (χ3v) is 5.06. The van der Waals surface area contributed by atoms with Gasteiger partial charge in [-0.05, 0) is 37.1 Å². The van der Waals surface area contributed by atoms with Gasteiger partial charge in [0.15, 0.2) is 5.76 Å². The molecule has 0 unspecified atom stereocenters. The van der Waals surface area contributed by atoms with Crippen molar-refractivity contribution >= 4 is 16.8 Å². The average molecular weight is 335 g/mol. The summed E-state index contributed by atoms with van der Waals surface area (Å²) >= 11 is 0. The zero-order valence-electron chi connectivity index (χ0n) is 14.0. The second kappa shape index (κ2) is 6.33. The van der Waals surface area contributed by atoms with Gasteiger partial charge in [-0.25, -0.2) is 4.98 Å². The maximum Gasteiger partial charge on any atom is 0.252 e. The first-order valence-corrected chi connectivity index (χ1v) is 8.67. The molecule has 0 spiro atoms. The van der Waals surface area contributed by atoms with Crippen LogP contribution < -0.4 is 11.1 Å². The lowest BCUT2D eigenvalue weighted by Crippen LogP contribution is -2.51. The van der Waals surface area contributed by atoms with Crippen molar-refractivity contribution in [2.24, 2.45) is 5.73 Å². The molecule has 3 N–H and O–H groups in total. The third kappa shape index (κ3) is 2.91. The van der Waals surface area contributed by atoms with E-state index in [9.17, 15) is 4.79 Å². The summed E-state index contributed by atoms with van der Waals surface area (Å²) in [6.45, 7) is 0.465. The minimum Gasteiger partial charge on any atom is -0.463 e. The lowest BCUT2D eigenvalue weighted by atomic mass is 9.96. The summed E-state index contributed by atoms with van der Waals surface area (Å²) in [5.41, 5.74) is 7.72. The van der Waals surface area contributed by atoms with Crippen molar-refractivity contribution in [1.82, 2.24) is 10.3 Å². The monoisotopic (exact) mass is 335 g/mol. The molecule has 0 aliphatic heterocycles. The largest absolute Gasteiger partial charge is 0.463 e. The van der Waals surface area contributed by atoms with Crippen LogP contribution in [0.25, 0.3) is 22.4 Å². The molecule has 3 aromatic rings. The molecular formula is C20H21N3O2. The fourth-order valence-electron chi connectivity index (χ4n) is 3.65. The van der Waals surface area contributed by atoms with E-state index in [1.165, 1.54) is 0 Å². The molecule has 1 aromatic carbocycles. The number of carbonyl (C=O) groups is 1. The number of nitrogens with zero attached hydrogens (tertiary/aromatic N) is 1. The molecule has 1 fully saturated rings. The molecule has 128 valence electrons. The molecule has 1 aliphatic rings. The van der Waals surface area contributed by atoms with Crippen molar-refractivity contribution in [1.29, 1.82) is 0 Å². The molecule has 1 aliphatic carbocycles. The predicted molar refractivity (Wildman–Crippen MR) is 97.2 cm³/mol. The number of nitrogens with two attached hydrogens (primary N) is 1. The summed E-state index contributed by atoms with van der Waals surface area (Å²) in [7, 11) is 0. The Labute approximate surface area is 146 Å². The summed E-state index contributed by atoms with van der Waals surface area (Å²) in [6, 6.07) is 13.1. The Bertz CT molecular complexity index is 896. The smallest absolute Gasteiger partial charge is 0.252 e. The highest BCUT2D eigenvalue weighted by atomic mass is 16.3. The first-order chi connectivity index (χ1) is 12.2. The first-order valence-electron chi connectivity index (χ1n) is 8.67. The fourth-order valence-corrected chi connectivity index (χ4v) is 3.65. The maximum absolute atomic E-state index is 13.1. The molecule has 0 saturated heterocycles. The first kappa shape index (κ1) is 15.8. The highest BCUT2D eigenvalue weighted by molar-refractivity contribution is 6.07. The standard InChI is InChI=1S/C20H21N3O2/c21-13-20(9-3-4-10-20)23-19(24)15-12-17(18-8-5-11-25-18)22-16-7-2-1-6-14(15)16/h1-2,5-8,11-12H,3-4,9-10,13,21H2,(H,23,24). The second-order valence-electron chi connectivity index (χ2n) is 6.70. The second-order valence-corrected chi connectivity index (χ2v) is 6.70. The highest BCUT2D eigenvalue weighted by Gasteiger charge is 2.34. The number of aromatic nitrogens is 1. The van der Waals surface area contributed by atoms with Crippen molar-refractivity contribution in [3.05, 3.63) is 54.3 Å². The van der Waals surface area contributed by atoms with Crippen LogP contribution in [0.15, 0.2) is 53.1 Å². The molecule has 0 bridgehead atoms. The SMILES string of the molecule is NCC1(NC(=O)c2cc(-c3ccco3)nc3ccccc23)CCCC1. The topological polar surface area (TPSA) is 81.1 Å². The van der Waals surface area contributed by atoms with Crippen LogP contribution in [0.5, 0.6) is 0 Å². The van der Waals surface area contributed by atoms with Gasteiger partial charge in [0.2, 0.25) is 0 Å². The van der Waals surface area contributed by atoms with Crippen LogP contribution >= 0.6 is 0 Å². The zero-order chi connectivity index (χ0) is 17.3. The lowest BCUT2D eigenvalue weighted by molar-refractivity contribution is 0.0905. The molecule has 2 aromatic heterocycles. The number of para-hydroxylation sites is 1. The van der Waals surface area contributed by atoms with E-state index < -0.39 is 0 Å². The van der Waals surface area contributed by atoms with E-state index in [2.05, 4.69) is 10.3 Å². The quantitative estimate of drug-likeness (QED) is 0.764. The fraction of sp³-hybridized carbons (Fsp3) is 0.300. The number of pyridine rings is 1. The van der Waals surface area contributed by atoms with E-state index >= 15 is 0 Å². The lowest BCUT2D eigenvalue weighted by Gasteiger charge is -2.29. The number of hydrogen-bond acceptors (Lipinski definition) is 4. The minimum absolute atomic E-state index is 0.0984. The molecule has 5 heteroatoms. The Hall–Kier alpha value is -2.66. The summed E-state index contributed by atoms with van der Waals surface area (Å²) in [6.07, 6.45) is 5.68. The molecule has 0 atom stereocenters. The van der Waals surface area contributed by atoms with E-state index in [-0.39, 0.29) is 11.4 Å². The Morgan fingerprint density at radius 2 is 2.00 bits per heavy atom. The van der Waals surface area contributed by atoms with Crippen LogP contribution in [0.1, 0.15) is 36.0 Å². The van der Waals surface area contributed by atoms with Gasteiger partial charge in [-0.15, -0.1) is 0 Å². The van der Waals surface area contributed by atoms with Crippen molar-refractivity contribution < 1.29 is 9.21 Å². The molecule has 5 nitrogen and oxygen atoms in total. The van der Waals surface area contributed by atoms with Crippen LogP contribution in [-0.2, 0) is 0 Å². The molecule has 4 rings (SSSR count). The molecule has 1 saturated carbocycles. The van der Waals surface area contributed by atoms with E-state index in [0.29, 0.717) is 23.6 Å². The minimum atomic E-state index is -0.285. The molecule has 0 radical (unpaired) electrons. The maximum atomic E-state index is 13.1. The van der Waals surface area contributed by atoms with E-state index in [0.717, 1.165) is 36.6 Å². The number of hydrogen-bond donors (Lipinski definition) is 2. The predicted octanol–water partition coefficient (Wildman–Crippen LogP) is 3.50. The van der Waals surface area contributed by atoms with Crippen molar-refractivity contribution in [2.45, 2.75) is 31.2 Å². The number of carbonyl (C=O) groups excluding carboxylic acids is 1. The van der Waals surface area contributed by atoms with Gasteiger partial charge in [0.05, 0.1) is 22.9 Å². The molecule has 2 heterocycles. The van der Waals surface area contributed by atoms with E-state index in [1.807, 2.05) is 36.4 Å². The summed E-state index contributed by atoms with van der Waals surface area (Å²) in [4.78, 5) is 17.7. The summed E-state index contributed by atoms with van der Waals surface area (Å²) < 4.78 is 5.46. The summed E-state index contributed by atoms with van der Waals surface area (Å²) in [5, 5.41) is 4.03. The number of furan rings is 1. The Morgan fingerprint density at radius 1 is 1.20 bits per heavy atom. The Balaban J connectivity index is 1.78. The number of rotatable bonds is 4. The van der Waals surface area contributed by atoms with Gasteiger partial charge in [0, 0.05) is 11.9 Å². The Morgan fingerprint density at radius 3 is 2.72 bits per heavy atom. The molecule has 1 amide bonds. The van der Waals surface area contributed by atoms with Gasteiger partial charge in [0.25, 0.3) is 5.91 Å². The van der Waals surface area contributed by atoms with Gasteiger partial charge in [-0.2, -0.15) is 0 Å². The highest BCUT2D eigenvalue weighted by Crippen LogP contribution is 2.30. The average Bonchev–Trinajstić information content (AvgIpc) is 3.33. The summed E-state index contributed by atoms with van der Waals surface area (Å²) in [5.74, 6) is 0.549. The third-order valence-electron chi connectivity index (χ3n) is 5.06. The number of fused-ring (bicyclic) bond motifs is 1. The van der Waals surface area contributed by atoms with Gasteiger partial charge in [-0.1, -0.05) is 31.0 Å². The number of benzene rings is 1. The van der Waals surface area contributed by atoms with Crippen molar-refractivity contribution in [3.8, 4) is 11.5 Å². The van der Waals surface area contributed by atoms with Crippen LogP contribution in [0, 0.1) is 0 Å². The molecule has 25 heavy (non-hydrogen) atoms. The van der Waals surface area contributed by atoms with Crippen LogP contribution in [-0.4, -0.2) is 23.0 Å². The van der Waals surface area contributed by atoms with Crippen molar-refractivity contribution in [3.63, 3.8) is 0 Å². The molecular weight excluding hydrogens is 314 g/mol. The van der Waals surface area contributed by atoms with Crippen molar-refractivity contribution in [2.75, 3.05) is 6.54 Å². The van der Waals surface area contributed by atoms with Crippen LogP contribution in [0.2, 0.25) is 0 Å². The zero-order valence-corrected chi connectivity index (χ0v) is 14.0. The number of amides is 1. The van der Waals surface area contributed by atoms with Gasteiger partial charge < -0.3 is 15.5 Å². The van der Waals surface area contributed by atoms with Crippen LogP contribution in [0.4, 0.5) is 0 Å². The van der Waals surface area contributed by atoms with Gasteiger partial charge >= 0.3 is 0 Å². The number of nitrogens with one attached hydrogen (secondary N) is 1. The van der Waals surface area contributed by atoms with Gasteiger partial charge in [-0.3, -0.25) is 4.79 Å². The van der Waals surface area contributed by atoms with Gasteiger partial charge in [0.1, 0.15) is 5.69 Å². The van der Waals surface area contributed by atoms with E-state index in [1.54, 1.807) is 12.3 Å². The van der Waals surface area contributed by atoms with E-state index in [4.69, 9.17) is 10.2 Å². The normalized spacial score (nSPS) is 16.2. The Kier molecular flexibility index (Phi) is 4.01. The van der Waals surface area contributed by atoms with Crippen LogP contribution in [0.3, 0.4) is 0 Å².